The van der Waals surface area contributed by atoms with Crippen molar-refractivity contribution in [2.75, 3.05) is 6.61 Å². The minimum absolute atomic E-state index is 0.00391. The highest BCUT2D eigenvalue weighted by Crippen LogP contribution is 2.51. The molecule has 5 heteroatoms. The number of hydrogen-bond donors (Lipinski definition) is 1. The summed E-state index contributed by atoms with van der Waals surface area (Å²) in [4.78, 5) is 23.8. The van der Waals surface area contributed by atoms with E-state index in [0.29, 0.717) is 31.6 Å². The van der Waals surface area contributed by atoms with Crippen LogP contribution in [0.15, 0.2) is 30.3 Å². The maximum Gasteiger partial charge on any atom is 0.222 e. The van der Waals surface area contributed by atoms with Gasteiger partial charge in [-0.2, -0.15) is 0 Å². The lowest BCUT2D eigenvalue weighted by Gasteiger charge is -2.26. The van der Waals surface area contributed by atoms with Gasteiger partial charge in [0.1, 0.15) is 5.78 Å². The van der Waals surface area contributed by atoms with Gasteiger partial charge in [-0.15, -0.1) is 0 Å². The summed E-state index contributed by atoms with van der Waals surface area (Å²) in [5.74, 6) is 0.420. The van der Waals surface area contributed by atoms with Crippen molar-refractivity contribution in [1.29, 1.82) is 0 Å². The Labute approximate surface area is 135 Å². The molecule has 2 saturated heterocycles. The molecule has 1 aromatic carbocycles. The van der Waals surface area contributed by atoms with Gasteiger partial charge >= 0.3 is 0 Å². The van der Waals surface area contributed by atoms with Crippen molar-refractivity contribution in [1.82, 2.24) is 5.32 Å². The van der Waals surface area contributed by atoms with E-state index in [2.05, 4.69) is 5.32 Å². The van der Waals surface area contributed by atoms with Crippen LogP contribution in [0.2, 0.25) is 0 Å². The van der Waals surface area contributed by atoms with Crippen molar-refractivity contribution in [3.8, 4) is 0 Å². The Balaban J connectivity index is 1.26. The van der Waals surface area contributed by atoms with E-state index in [1.165, 1.54) is 0 Å². The van der Waals surface area contributed by atoms with Gasteiger partial charge in [-0.25, -0.2) is 0 Å². The average molecular weight is 315 g/mol. The second-order valence-electron chi connectivity index (χ2n) is 6.81. The first-order valence-electron chi connectivity index (χ1n) is 8.28. The fraction of sp³-hybridized carbons (Fsp3) is 0.556. The number of rotatable bonds is 5. The molecule has 5 nitrogen and oxygen atoms in total. The number of Topliss-reactive ketones (excluding diaryl/α,β-unsaturated/α-hetero) is 1. The van der Waals surface area contributed by atoms with Crippen molar-refractivity contribution < 1.29 is 19.1 Å². The van der Waals surface area contributed by atoms with Crippen LogP contribution >= 0.6 is 0 Å². The SMILES string of the molecule is O=C1CCC2(CO2)C(C2OC2CC(=O)NCc2ccccc2)C1. The number of benzene rings is 1. The van der Waals surface area contributed by atoms with Crippen molar-refractivity contribution in [2.45, 2.75) is 50.0 Å². The van der Waals surface area contributed by atoms with Gasteiger partial charge in [0.25, 0.3) is 0 Å². The van der Waals surface area contributed by atoms with Crippen molar-refractivity contribution in [2.24, 2.45) is 5.92 Å². The van der Waals surface area contributed by atoms with E-state index in [9.17, 15) is 9.59 Å². The van der Waals surface area contributed by atoms with Crippen LogP contribution in [0.25, 0.3) is 0 Å². The van der Waals surface area contributed by atoms with Crippen molar-refractivity contribution in [3.63, 3.8) is 0 Å². The van der Waals surface area contributed by atoms with E-state index in [1.54, 1.807) is 0 Å². The molecule has 1 N–H and O–H groups in total. The molecular formula is C18H21NO4. The van der Waals surface area contributed by atoms with Crippen LogP contribution in [-0.4, -0.2) is 36.1 Å². The van der Waals surface area contributed by atoms with Crippen LogP contribution in [0, 0.1) is 5.92 Å². The Morgan fingerprint density at radius 2 is 2.09 bits per heavy atom. The fourth-order valence-electron chi connectivity index (χ4n) is 3.66. The van der Waals surface area contributed by atoms with E-state index in [-0.39, 0.29) is 29.6 Å². The van der Waals surface area contributed by atoms with Gasteiger partial charge in [0.15, 0.2) is 0 Å². The third-order valence-electron chi connectivity index (χ3n) is 5.20. The van der Waals surface area contributed by atoms with E-state index in [4.69, 9.17) is 9.47 Å². The number of ketones is 1. The van der Waals surface area contributed by atoms with Gasteiger partial charge in [-0.3, -0.25) is 9.59 Å². The molecule has 1 spiro atoms. The standard InChI is InChI=1S/C18H21NO4/c20-13-6-7-18(11-22-18)14(8-13)17-15(23-17)9-16(21)19-10-12-4-2-1-3-5-12/h1-5,14-15,17H,6-11H2,(H,19,21). The molecule has 0 aromatic heterocycles. The number of carbonyl (C=O) groups excluding carboxylic acids is 2. The van der Waals surface area contributed by atoms with Crippen molar-refractivity contribution >= 4 is 11.7 Å². The molecule has 1 aromatic rings. The number of epoxide rings is 2. The maximum absolute atomic E-state index is 12.0. The molecule has 2 aliphatic heterocycles. The molecule has 23 heavy (non-hydrogen) atoms. The molecule has 0 radical (unpaired) electrons. The third kappa shape index (κ3) is 3.16. The van der Waals surface area contributed by atoms with E-state index < -0.39 is 0 Å². The number of carbonyl (C=O) groups is 2. The van der Waals surface area contributed by atoms with Gasteiger partial charge < -0.3 is 14.8 Å². The number of amides is 1. The highest BCUT2D eigenvalue weighted by atomic mass is 16.6. The number of hydrogen-bond acceptors (Lipinski definition) is 4. The third-order valence-corrected chi connectivity index (χ3v) is 5.20. The molecule has 1 saturated carbocycles. The molecule has 1 amide bonds. The zero-order chi connectivity index (χ0) is 15.9. The van der Waals surface area contributed by atoms with Gasteiger partial charge in [0.2, 0.25) is 5.91 Å². The van der Waals surface area contributed by atoms with E-state index in [0.717, 1.165) is 18.6 Å². The Morgan fingerprint density at radius 3 is 2.83 bits per heavy atom. The topological polar surface area (TPSA) is 71.2 Å². The number of nitrogens with one attached hydrogen (secondary N) is 1. The smallest absolute Gasteiger partial charge is 0.222 e. The van der Waals surface area contributed by atoms with Crippen LogP contribution in [0.5, 0.6) is 0 Å². The molecule has 0 bridgehead atoms. The van der Waals surface area contributed by atoms with Crippen LogP contribution in [0.1, 0.15) is 31.2 Å². The minimum Gasteiger partial charge on any atom is -0.369 e. The molecule has 3 fully saturated rings. The van der Waals surface area contributed by atoms with Gasteiger partial charge in [-0.1, -0.05) is 30.3 Å². The molecule has 122 valence electrons. The first kappa shape index (κ1) is 14.8. The van der Waals surface area contributed by atoms with Crippen LogP contribution < -0.4 is 5.32 Å². The highest BCUT2D eigenvalue weighted by Gasteiger charge is 2.62. The van der Waals surface area contributed by atoms with Gasteiger partial charge in [0, 0.05) is 25.3 Å². The van der Waals surface area contributed by atoms with Crippen molar-refractivity contribution in [3.05, 3.63) is 35.9 Å². The first-order valence-corrected chi connectivity index (χ1v) is 8.28. The summed E-state index contributed by atoms with van der Waals surface area (Å²) >= 11 is 0. The number of ether oxygens (including phenoxy) is 2. The normalized spacial score (nSPS) is 35.1. The lowest BCUT2D eigenvalue weighted by Crippen LogP contribution is -2.37. The van der Waals surface area contributed by atoms with Crippen LogP contribution in [0.4, 0.5) is 0 Å². The predicted molar refractivity (Wildman–Crippen MR) is 82.6 cm³/mol. The Hall–Kier alpha value is -1.72. The second-order valence-corrected chi connectivity index (χ2v) is 6.81. The van der Waals surface area contributed by atoms with E-state index >= 15 is 0 Å². The summed E-state index contributed by atoms with van der Waals surface area (Å²) in [6, 6.07) is 9.83. The monoisotopic (exact) mass is 315 g/mol. The molecule has 4 rings (SSSR count). The Morgan fingerprint density at radius 1 is 1.30 bits per heavy atom. The summed E-state index contributed by atoms with van der Waals surface area (Å²) in [6.45, 7) is 1.27. The zero-order valence-corrected chi connectivity index (χ0v) is 13.0. The molecule has 4 unspecified atom stereocenters. The summed E-state index contributed by atoms with van der Waals surface area (Å²) in [5, 5.41) is 2.92. The Kier molecular flexibility index (Phi) is 3.70. The first-order chi connectivity index (χ1) is 11.2. The summed E-state index contributed by atoms with van der Waals surface area (Å²) < 4.78 is 11.3. The van der Waals surface area contributed by atoms with Crippen LogP contribution in [-0.2, 0) is 25.6 Å². The molecule has 4 atom stereocenters. The fourth-order valence-corrected chi connectivity index (χ4v) is 3.66. The molecular weight excluding hydrogens is 294 g/mol. The predicted octanol–water partition coefficient (Wildman–Crippen LogP) is 1.60. The molecule has 2 heterocycles. The Bertz CT molecular complexity index is 611. The summed E-state index contributed by atoms with van der Waals surface area (Å²) in [6.07, 6.45) is 2.26. The zero-order valence-electron chi connectivity index (χ0n) is 13.0. The second kappa shape index (κ2) is 5.73. The lowest BCUT2D eigenvalue weighted by atomic mass is 9.76. The average Bonchev–Trinajstić information content (AvgIpc) is 3.47. The maximum atomic E-state index is 12.0. The minimum atomic E-state index is -0.131. The quantitative estimate of drug-likeness (QED) is 0.838. The highest BCUT2D eigenvalue weighted by molar-refractivity contribution is 5.80. The molecule has 1 aliphatic carbocycles. The van der Waals surface area contributed by atoms with Gasteiger partial charge in [0.05, 0.1) is 30.8 Å². The molecule has 3 aliphatic rings. The summed E-state index contributed by atoms with van der Waals surface area (Å²) in [7, 11) is 0. The van der Waals surface area contributed by atoms with E-state index in [1.807, 2.05) is 30.3 Å². The lowest BCUT2D eigenvalue weighted by molar-refractivity contribution is -0.123. The largest absolute Gasteiger partial charge is 0.369 e. The summed E-state index contributed by atoms with van der Waals surface area (Å²) in [5.41, 5.74) is 0.950. The van der Waals surface area contributed by atoms with Crippen LogP contribution in [0.3, 0.4) is 0 Å². The van der Waals surface area contributed by atoms with Gasteiger partial charge in [-0.05, 0) is 12.0 Å².